The Morgan fingerprint density at radius 2 is 1.66 bits per heavy atom. The smallest absolute Gasteiger partial charge is 0.457 e. The maximum absolute atomic E-state index is 13.5. The first-order valence-electron chi connectivity index (χ1n) is 11.7. The zero-order valence-electron chi connectivity index (χ0n) is 20.1. The van der Waals surface area contributed by atoms with Crippen molar-refractivity contribution >= 4 is 29.2 Å². The minimum atomic E-state index is -5.73. The van der Waals surface area contributed by atoms with Gasteiger partial charge in [0.15, 0.2) is 6.10 Å². The van der Waals surface area contributed by atoms with Crippen LogP contribution >= 0.6 is 11.6 Å². The van der Waals surface area contributed by atoms with Crippen LogP contribution in [0, 0.1) is 0 Å². The van der Waals surface area contributed by atoms with Crippen molar-refractivity contribution in [3.05, 3.63) is 58.1 Å². The zero-order valence-corrected chi connectivity index (χ0v) is 20.8. The van der Waals surface area contributed by atoms with Gasteiger partial charge in [0.25, 0.3) is 5.79 Å². The summed E-state index contributed by atoms with van der Waals surface area (Å²) in [4.78, 5) is 24.5. The molecule has 38 heavy (non-hydrogen) atoms. The van der Waals surface area contributed by atoms with E-state index in [9.17, 15) is 31.5 Å². The van der Waals surface area contributed by atoms with Crippen molar-refractivity contribution < 1.29 is 45.8 Å². The Balaban J connectivity index is 1.53. The number of rotatable bonds is 6. The molecule has 0 amide bonds. The summed E-state index contributed by atoms with van der Waals surface area (Å²) in [5.74, 6) is -7.95. The molecule has 1 fully saturated rings. The zero-order chi connectivity index (χ0) is 27.7. The molecule has 0 aromatic heterocycles. The van der Waals surface area contributed by atoms with Gasteiger partial charge in [-0.25, -0.2) is 0 Å². The minimum Gasteiger partial charge on any atom is -0.484 e. The molecule has 0 aliphatic carbocycles. The molecule has 4 rings (SSSR count). The van der Waals surface area contributed by atoms with E-state index in [0.717, 1.165) is 0 Å². The number of benzene rings is 2. The highest BCUT2D eigenvalue weighted by Crippen LogP contribution is 2.41. The van der Waals surface area contributed by atoms with E-state index >= 15 is 0 Å². The SMILES string of the molecule is CC(Oc1ccc(CNc2c(Cl)ccc3c2CCNCC32OC(=O)CCC(=O)O2)cc1)C(F)(F)C(F)(F)F. The first kappa shape index (κ1) is 27.9. The van der Waals surface area contributed by atoms with Crippen LogP contribution in [0.2, 0.25) is 5.02 Å². The Bertz CT molecular complexity index is 1190. The van der Waals surface area contributed by atoms with E-state index in [0.29, 0.717) is 47.3 Å². The van der Waals surface area contributed by atoms with Gasteiger partial charge < -0.3 is 24.8 Å². The molecular weight excluding hydrogens is 539 g/mol. The topological polar surface area (TPSA) is 85.9 Å². The van der Waals surface area contributed by atoms with Crippen LogP contribution < -0.4 is 15.4 Å². The van der Waals surface area contributed by atoms with Gasteiger partial charge in [-0.05, 0) is 55.3 Å². The first-order chi connectivity index (χ1) is 17.8. The van der Waals surface area contributed by atoms with Crippen LogP contribution in [0.1, 0.15) is 36.5 Å². The van der Waals surface area contributed by atoms with Crippen molar-refractivity contribution in [3.8, 4) is 5.75 Å². The van der Waals surface area contributed by atoms with Crippen LogP contribution in [0.5, 0.6) is 5.75 Å². The fourth-order valence-electron chi connectivity index (χ4n) is 4.25. The van der Waals surface area contributed by atoms with Crippen LogP contribution in [0.3, 0.4) is 0 Å². The molecule has 1 unspecified atom stereocenters. The van der Waals surface area contributed by atoms with E-state index in [1.807, 2.05) is 0 Å². The summed E-state index contributed by atoms with van der Waals surface area (Å²) >= 11 is 6.48. The number of esters is 2. The van der Waals surface area contributed by atoms with E-state index in [2.05, 4.69) is 10.6 Å². The third kappa shape index (κ3) is 5.65. The van der Waals surface area contributed by atoms with E-state index in [4.69, 9.17) is 25.8 Å². The Hall–Kier alpha value is -3.12. The molecule has 0 saturated carbocycles. The van der Waals surface area contributed by atoms with Crippen molar-refractivity contribution in [2.45, 2.75) is 56.7 Å². The molecule has 2 aromatic carbocycles. The second-order valence-electron chi connectivity index (χ2n) is 8.95. The maximum atomic E-state index is 13.5. The molecule has 1 saturated heterocycles. The monoisotopic (exact) mass is 562 g/mol. The third-order valence-electron chi connectivity index (χ3n) is 6.27. The van der Waals surface area contributed by atoms with Gasteiger partial charge in [-0.15, -0.1) is 0 Å². The Labute approximate surface area is 219 Å². The van der Waals surface area contributed by atoms with E-state index in [1.54, 1.807) is 12.1 Å². The predicted molar refractivity (Wildman–Crippen MR) is 126 cm³/mol. The number of alkyl halides is 5. The van der Waals surface area contributed by atoms with Crippen molar-refractivity contribution in [1.29, 1.82) is 0 Å². The number of hydrogen-bond acceptors (Lipinski definition) is 7. The summed E-state index contributed by atoms with van der Waals surface area (Å²) < 4.78 is 80.7. The number of carbonyl (C=O) groups excluding carboxylic acids is 2. The summed E-state index contributed by atoms with van der Waals surface area (Å²) in [5.41, 5.74) is 2.31. The molecule has 2 aliphatic heterocycles. The lowest BCUT2D eigenvalue weighted by Gasteiger charge is -2.32. The molecule has 2 aromatic rings. The fourth-order valence-corrected chi connectivity index (χ4v) is 4.49. The van der Waals surface area contributed by atoms with E-state index in [1.165, 1.54) is 24.3 Å². The van der Waals surface area contributed by atoms with Gasteiger partial charge in [0.1, 0.15) is 5.75 Å². The molecule has 1 spiro atoms. The van der Waals surface area contributed by atoms with Gasteiger partial charge in [-0.3, -0.25) is 9.59 Å². The van der Waals surface area contributed by atoms with Gasteiger partial charge in [-0.2, -0.15) is 22.0 Å². The number of ether oxygens (including phenoxy) is 3. The Morgan fingerprint density at radius 3 is 2.26 bits per heavy atom. The predicted octanol–water partition coefficient (Wildman–Crippen LogP) is 5.10. The van der Waals surface area contributed by atoms with Crippen LogP contribution in [-0.2, 0) is 37.8 Å². The molecular formula is C25H24ClF5N2O5. The van der Waals surface area contributed by atoms with E-state index < -0.39 is 35.9 Å². The van der Waals surface area contributed by atoms with Crippen molar-refractivity contribution in [2.24, 2.45) is 0 Å². The number of carbonyl (C=O) groups is 2. The van der Waals surface area contributed by atoms with Crippen LogP contribution in [0.15, 0.2) is 36.4 Å². The van der Waals surface area contributed by atoms with Gasteiger partial charge in [0, 0.05) is 12.1 Å². The molecule has 2 aliphatic rings. The highest BCUT2D eigenvalue weighted by atomic mass is 35.5. The minimum absolute atomic E-state index is 0.0613. The first-order valence-corrected chi connectivity index (χ1v) is 12.1. The summed E-state index contributed by atoms with van der Waals surface area (Å²) in [6.07, 6.45) is -7.88. The molecule has 0 bridgehead atoms. The lowest BCUT2D eigenvalue weighted by Crippen LogP contribution is -2.48. The fraction of sp³-hybridized carbons (Fsp3) is 0.440. The Kier molecular flexibility index (Phi) is 7.76. The van der Waals surface area contributed by atoms with Gasteiger partial charge >= 0.3 is 24.0 Å². The summed E-state index contributed by atoms with van der Waals surface area (Å²) in [6.45, 7) is 1.39. The van der Waals surface area contributed by atoms with E-state index in [-0.39, 0.29) is 31.7 Å². The average Bonchev–Trinajstić information content (AvgIpc) is 3.10. The van der Waals surface area contributed by atoms with Crippen LogP contribution in [0.4, 0.5) is 27.6 Å². The second-order valence-corrected chi connectivity index (χ2v) is 9.36. The van der Waals surface area contributed by atoms with Crippen LogP contribution in [0.25, 0.3) is 0 Å². The lowest BCUT2D eigenvalue weighted by atomic mass is 9.96. The molecule has 2 heterocycles. The van der Waals surface area contributed by atoms with Crippen LogP contribution in [-0.4, -0.2) is 43.2 Å². The third-order valence-corrected chi connectivity index (χ3v) is 6.58. The molecule has 1 atom stereocenters. The number of halogens is 6. The number of fused-ring (bicyclic) bond motifs is 2. The standard InChI is InChI=1S/C25H24ClF5N2O5/c1-14(24(27,28)25(29,30)31)36-16-4-2-15(3-5-16)12-33-22-17-10-11-32-13-23(18(17)6-7-19(22)26)37-20(34)8-9-21(35)38-23/h2-7,14,32-33H,8-13H2,1H3. The number of hydrogen-bond donors (Lipinski definition) is 2. The molecule has 7 nitrogen and oxygen atoms in total. The quantitative estimate of drug-likeness (QED) is 0.374. The molecule has 206 valence electrons. The van der Waals surface area contributed by atoms with Crippen molar-refractivity contribution in [2.75, 3.05) is 18.4 Å². The highest BCUT2D eigenvalue weighted by Gasteiger charge is 2.62. The van der Waals surface area contributed by atoms with Crippen molar-refractivity contribution in [3.63, 3.8) is 0 Å². The Morgan fingerprint density at radius 1 is 1.03 bits per heavy atom. The molecule has 0 radical (unpaired) electrons. The highest BCUT2D eigenvalue weighted by molar-refractivity contribution is 6.33. The largest absolute Gasteiger partial charge is 0.484 e. The van der Waals surface area contributed by atoms with Gasteiger partial charge in [0.2, 0.25) is 0 Å². The maximum Gasteiger partial charge on any atom is 0.457 e. The summed E-state index contributed by atoms with van der Waals surface area (Å²) in [7, 11) is 0. The molecule has 13 heteroatoms. The molecule has 2 N–H and O–H groups in total. The lowest BCUT2D eigenvalue weighted by molar-refractivity contribution is -0.306. The van der Waals surface area contributed by atoms with Crippen molar-refractivity contribution in [1.82, 2.24) is 5.32 Å². The average molecular weight is 563 g/mol. The second kappa shape index (κ2) is 10.6. The summed E-state index contributed by atoms with van der Waals surface area (Å²) in [6, 6.07) is 8.82. The summed E-state index contributed by atoms with van der Waals surface area (Å²) in [5, 5.41) is 6.68. The van der Waals surface area contributed by atoms with Gasteiger partial charge in [0.05, 0.1) is 30.1 Å². The normalized spacial score (nSPS) is 18.5. The number of nitrogens with one attached hydrogen (secondary N) is 2. The van der Waals surface area contributed by atoms with Gasteiger partial charge in [-0.1, -0.05) is 23.7 Å². The number of anilines is 1.